The lowest BCUT2D eigenvalue weighted by Crippen LogP contribution is -2.44. The van der Waals surface area contributed by atoms with Crippen LogP contribution in [0.2, 0.25) is 0 Å². The van der Waals surface area contributed by atoms with Gasteiger partial charge in [0.25, 0.3) is 11.8 Å². The maximum atomic E-state index is 12.8. The number of guanidine groups is 1. The zero-order valence-corrected chi connectivity index (χ0v) is 20.8. The van der Waals surface area contributed by atoms with Crippen molar-refractivity contribution in [3.05, 3.63) is 72.1 Å². The Balaban J connectivity index is 1.32. The van der Waals surface area contributed by atoms with Crippen LogP contribution in [0.15, 0.2) is 65.8 Å². The number of hydrogen-bond acceptors (Lipinski definition) is 9. The van der Waals surface area contributed by atoms with Gasteiger partial charge < -0.3 is 36.4 Å². The molecule has 5 N–H and O–H groups in total. The summed E-state index contributed by atoms with van der Waals surface area (Å²) >= 11 is 0. The molecule has 5 rings (SSSR count). The number of pyridine rings is 1. The summed E-state index contributed by atoms with van der Waals surface area (Å²) in [6, 6.07) is 11.8. The molecule has 3 aliphatic rings. The molecule has 2 aromatic rings. The molecular formula is C26H31N9O2. The molecule has 1 saturated heterocycles. The molecule has 11 heteroatoms. The molecule has 2 amide bonds. The zero-order valence-electron chi connectivity index (χ0n) is 20.8. The predicted molar refractivity (Wildman–Crippen MR) is 144 cm³/mol. The molecule has 1 aromatic carbocycles. The van der Waals surface area contributed by atoms with Crippen LogP contribution in [0, 0.1) is 0 Å². The standard InChI is InChI=1S/C26H31N9O2/c1-3-10-27-24(36)20-16-29-26(30-18-5-7-19(8-6-18)35-13-11-34(2)12-14-35)33-23(20)32-21-9-4-17-15-28-25(37)22(17)31-21/h3-9,16,23H,1,10-15H2,2H3,(H,27,36)(H,28,37)(H,31,32)(H2,29,30,33). The third-order valence-corrected chi connectivity index (χ3v) is 6.50. The molecule has 1 atom stereocenters. The zero-order chi connectivity index (χ0) is 25.8. The Morgan fingerprint density at radius 2 is 1.95 bits per heavy atom. The molecule has 4 heterocycles. The fourth-order valence-corrected chi connectivity index (χ4v) is 4.36. The number of nitrogens with one attached hydrogen (secondary N) is 5. The average molecular weight is 502 g/mol. The molecule has 0 radical (unpaired) electrons. The van der Waals surface area contributed by atoms with E-state index in [9.17, 15) is 9.59 Å². The number of piperazine rings is 1. The highest BCUT2D eigenvalue weighted by molar-refractivity contribution is 6.01. The Kier molecular flexibility index (Phi) is 7.04. The first kappa shape index (κ1) is 24.3. The summed E-state index contributed by atoms with van der Waals surface area (Å²) in [7, 11) is 2.14. The van der Waals surface area contributed by atoms with Gasteiger partial charge in [-0.05, 0) is 37.4 Å². The van der Waals surface area contributed by atoms with Crippen LogP contribution in [0.1, 0.15) is 16.1 Å². The molecule has 0 spiro atoms. The second-order valence-electron chi connectivity index (χ2n) is 9.12. The minimum absolute atomic E-state index is 0.214. The molecule has 11 nitrogen and oxygen atoms in total. The van der Waals surface area contributed by atoms with Gasteiger partial charge in [0.1, 0.15) is 11.5 Å². The van der Waals surface area contributed by atoms with Gasteiger partial charge in [0, 0.05) is 62.4 Å². The molecule has 3 aliphatic heterocycles. The van der Waals surface area contributed by atoms with E-state index in [0.29, 0.717) is 36.1 Å². The summed E-state index contributed by atoms with van der Waals surface area (Å²) in [4.78, 5) is 38.7. The fraction of sp³-hybridized carbons (Fsp3) is 0.308. The number of rotatable bonds is 7. The lowest BCUT2D eigenvalue weighted by atomic mass is 10.1. The first-order valence-corrected chi connectivity index (χ1v) is 12.3. The summed E-state index contributed by atoms with van der Waals surface area (Å²) in [6.45, 7) is 8.55. The number of nitrogens with zero attached hydrogens (tertiary/aromatic N) is 4. The molecule has 0 bridgehead atoms. The van der Waals surface area contributed by atoms with Crippen LogP contribution in [0.3, 0.4) is 0 Å². The quantitative estimate of drug-likeness (QED) is 0.357. The Labute approximate surface area is 215 Å². The van der Waals surface area contributed by atoms with Crippen LogP contribution >= 0.6 is 0 Å². The molecule has 1 aromatic heterocycles. The Morgan fingerprint density at radius 3 is 2.70 bits per heavy atom. The Hall–Kier alpha value is -4.38. The topological polar surface area (TPSA) is 126 Å². The normalized spacial score (nSPS) is 19.1. The molecule has 37 heavy (non-hydrogen) atoms. The molecule has 1 fully saturated rings. The summed E-state index contributed by atoms with van der Waals surface area (Å²) in [5.74, 6) is 0.422. The number of anilines is 3. The second-order valence-corrected chi connectivity index (χ2v) is 9.12. The summed E-state index contributed by atoms with van der Waals surface area (Å²) < 4.78 is 0. The van der Waals surface area contributed by atoms with E-state index >= 15 is 0 Å². The van der Waals surface area contributed by atoms with Crippen molar-refractivity contribution in [2.75, 3.05) is 55.3 Å². The van der Waals surface area contributed by atoms with E-state index in [1.807, 2.05) is 18.2 Å². The van der Waals surface area contributed by atoms with E-state index in [1.165, 1.54) is 5.69 Å². The van der Waals surface area contributed by atoms with E-state index in [4.69, 9.17) is 0 Å². The van der Waals surface area contributed by atoms with Crippen molar-refractivity contribution in [2.45, 2.75) is 12.7 Å². The van der Waals surface area contributed by atoms with E-state index in [0.717, 1.165) is 37.4 Å². The van der Waals surface area contributed by atoms with Gasteiger partial charge in [-0.3, -0.25) is 9.59 Å². The van der Waals surface area contributed by atoms with Gasteiger partial charge in [0.2, 0.25) is 5.96 Å². The fourth-order valence-electron chi connectivity index (χ4n) is 4.36. The van der Waals surface area contributed by atoms with Gasteiger partial charge in [0.15, 0.2) is 6.17 Å². The number of aromatic nitrogens is 1. The Bertz CT molecular complexity index is 1250. The number of carbonyl (C=O) groups excluding carboxylic acids is 2. The average Bonchev–Trinajstić information content (AvgIpc) is 3.28. The number of aliphatic imine (C=N–C) groups is 1. The Morgan fingerprint density at radius 1 is 1.16 bits per heavy atom. The van der Waals surface area contributed by atoms with Gasteiger partial charge in [-0.25, -0.2) is 9.98 Å². The number of hydrogen-bond donors (Lipinski definition) is 5. The van der Waals surface area contributed by atoms with Gasteiger partial charge in [-0.2, -0.15) is 0 Å². The van der Waals surface area contributed by atoms with Crippen molar-refractivity contribution < 1.29 is 9.59 Å². The van der Waals surface area contributed by atoms with Gasteiger partial charge in [-0.1, -0.05) is 12.1 Å². The van der Waals surface area contributed by atoms with Crippen molar-refractivity contribution in [3.8, 4) is 0 Å². The number of carbonyl (C=O) groups is 2. The molecule has 0 aliphatic carbocycles. The molecular weight excluding hydrogens is 470 g/mol. The maximum Gasteiger partial charge on any atom is 0.270 e. The van der Waals surface area contributed by atoms with Gasteiger partial charge in [0.05, 0.1) is 5.57 Å². The monoisotopic (exact) mass is 501 g/mol. The lowest BCUT2D eigenvalue weighted by Gasteiger charge is -2.34. The minimum Gasteiger partial charge on any atom is -0.369 e. The van der Waals surface area contributed by atoms with E-state index in [2.05, 4.69) is 72.1 Å². The van der Waals surface area contributed by atoms with Crippen molar-refractivity contribution in [2.24, 2.45) is 4.99 Å². The van der Waals surface area contributed by atoms with Crippen LogP contribution in [0.4, 0.5) is 17.2 Å². The third kappa shape index (κ3) is 5.56. The summed E-state index contributed by atoms with van der Waals surface area (Å²) in [5.41, 5.74) is 3.65. The van der Waals surface area contributed by atoms with Crippen molar-refractivity contribution in [1.29, 1.82) is 0 Å². The smallest absolute Gasteiger partial charge is 0.270 e. The number of amides is 2. The van der Waals surface area contributed by atoms with Crippen LogP contribution in [0.25, 0.3) is 0 Å². The maximum absolute atomic E-state index is 12.8. The highest BCUT2D eigenvalue weighted by Crippen LogP contribution is 2.22. The largest absolute Gasteiger partial charge is 0.369 e. The number of fused-ring (bicyclic) bond motifs is 1. The van der Waals surface area contributed by atoms with Crippen molar-refractivity contribution in [3.63, 3.8) is 0 Å². The van der Waals surface area contributed by atoms with Crippen LogP contribution in [-0.2, 0) is 11.3 Å². The highest BCUT2D eigenvalue weighted by atomic mass is 16.2. The highest BCUT2D eigenvalue weighted by Gasteiger charge is 2.26. The molecule has 1 unspecified atom stereocenters. The van der Waals surface area contributed by atoms with Crippen LogP contribution < -0.4 is 31.5 Å². The van der Waals surface area contributed by atoms with Gasteiger partial charge in [-0.15, -0.1) is 6.58 Å². The minimum atomic E-state index is -0.729. The van der Waals surface area contributed by atoms with E-state index in [-0.39, 0.29) is 11.8 Å². The predicted octanol–water partition coefficient (Wildman–Crippen LogP) is 1.07. The SMILES string of the molecule is C=CCNC(=O)C1=CNC(Nc2ccc(N3CCN(C)CC3)cc2)=NC1Nc1ccc2c(n1)C(=O)NC2. The third-order valence-electron chi connectivity index (χ3n) is 6.50. The van der Waals surface area contributed by atoms with Crippen LogP contribution in [-0.4, -0.2) is 73.6 Å². The summed E-state index contributed by atoms with van der Waals surface area (Å²) in [6.07, 6.45) is 2.50. The van der Waals surface area contributed by atoms with Crippen molar-refractivity contribution >= 4 is 35.0 Å². The number of benzene rings is 1. The first-order chi connectivity index (χ1) is 18.0. The van der Waals surface area contributed by atoms with Crippen molar-refractivity contribution in [1.82, 2.24) is 25.8 Å². The van der Waals surface area contributed by atoms with E-state index in [1.54, 1.807) is 18.3 Å². The lowest BCUT2D eigenvalue weighted by molar-refractivity contribution is -0.117. The summed E-state index contributed by atoms with van der Waals surface area (Å²) in [5, 5.41) is 15.1. The van der Waals surface area contributed by atoms with Gasteiger partial charge >= 0.3 is 0 Å². The molecule has 0 saturated carbocycles. The van der Waals surface area contributed by atoms with E-state index < -0.39 is 6.17 Å². The molecule has 192 valence electrons. The van der Waals surface area contributed by atoms with Crippen LogP contribution in [0.5, 0.6) is 0 Å². The first-order valence-electron chi connectivity index (χ1n) is 12.3. The number of likely N-dealkylation sites (N-methyl/N-ethyl adjacent to an activating group) is 1. The second kappa shape index (κ2) is 10.7.